The number of benzene rings is 1. The first kappa shape index (κ1) is 12.6. The number of nitro benzene ring substituents is 1. The minimum atomic E-state index is -0.698. The molecular formula is C10H11N3O4. The van der Waals surface area contributed by atoms with Crippen molar-refractivity contribution in [1.29, 1.82) is 0 Å². The van der Waals surface area contributed by atoms with E-state index >= 15 is 0 Å². The molecule has 0 bridgehead atoms. The predicted octanol–water partition coefficient (Wildman–Crippen LogP) is 0.691. The highest BCUT2D eigenvalue weighted by atomic mass is 16.6. The summed E-state index contributed by atoms with van der Waals surface area (Å²) in [6.45, 7) is 0. The third-order valence-corrected chi connectivity index (χ3v) is 2.16. The van der Waals surface area contributed by atoms with Crippen LogP contribution in [0.25, 0.3) is 0 Å². The number of carbonyl (C=O) groups excluding carboxylic acids is 2. The lowest BCUT2D eigenvalue weighted by Gasteiger charge is -2.12. The zero-order chi connectivity index (χ0) is 13.2. The number of hydrogen-bond acceptors (Lipinski definition) is 5. The Labute approximate surface area is 97.0 Å². The van der Waals surface area contributed by atoms with Crippen LogP contribution in [-0.2, 0) is 0 Å². The number of nitrogens with zero attached hydrogens (tertiary/aromatic N) is 2. The third-order valence-electron chi connectivity index (χ3n) is 2.16. The summed E-state index contributed by atoms with van der Waals surface area (Å²) in [5.74, 6) is -0.491. The van der Waals surface area contributed by atoms with Crippen LogP contribution in [0.5, 0.6) is 0 Å². The lowest BCUT2D eigenvalue weighted by atomic mass is 10.1. The number of nitrogen functional groups attached to an aromatic ring is 1. The van der Waals surface area contributed by atoms with Gasteiger partial charge in [0.25, 0.3) is 11.6 Å². The van der Waals surface area contributed by atoms with Crippen molar-refractivity contribution >= 4 is 23.6 Å². The highest BCUT2D eigenvalue weighted by Gasteiger charge is 2.21. The second-order valence-electron chi connectivity index (χ2n) is 3.57. The van der Waals surface area contributed by atoms with Crippen LogP contribution in [0.1, 0.15) is 20.7 Å². The first-order chi connectivity index (χ1) is 7.88. The molecule has 0 unspecified atom stereocenters. The van der Waals surface area contributed by atoms with Crippen LogP contribution in [0.3, 0.4) is 0 Å². The molecule has 0 aliphatic rings. The molecule has 0 saturated heterocycles. The second kappa shape index (κ2) is 4.60. The number of carbonyl (C=O) groups is 2. The van der Waals surface area contributed by atoms with Gasteiger partial charge in [-0.25, -0.2) is 0 Å². The summed E-state index contributed by atoms with van der Waals surface area (Å²) in [6.07, 6.45) is 0.441. The van der Waals surface area contributed by atoms with Gasteiger partial charge in [0.05, 0.1) is 10.5 Å². The van der Waals surface area contributed by atoms with Crippen molar-refractivity contribution in [2.75, 3.05) is 19.8 Å². The molecule has 0 aromatic heterocycles. The molecule has 0 aliphatic heterocycles. The Kier molecular flexibility index (Phi) is 3.42. The molecule has 0 atom stereocenters. The van der Waals surface area contributed by atoms with E-state index in [2.05, 4.69) is 0 Å². The molecule has 1 aromatic rings. The van der Waals surface area contributed by atoms with E-state index in [-0.39, 0.29) is 22.5 Å². The number of nitrogens with two attached hydrogens (primary N) is 1. The number of anilines is 1. The molecule has 0 heterocycles. The van der Waals surface area contributed by atoms with E-state index in [9.17, 15) is 19.7 Å². The van der Waals surface area contributed by atoms with Gasteiger partial charge in [-0.05, 0) is 6.07 Å². The maximum atomic E-state index is 11.7. The van der Waals surface area contributed by atoms with Crippen LogP contribution in [0.2, 0.25) is 0 Å². The van der Waals surface area contributed by atoms with Gasteiger partial charge in [0.1, 0.15) is 5.69 Å². The first-order valence-electron chi connectivity index (χ1n) is 4.63. The van der Waals surface area contributed by atoms with Crippen LogP contribution >= 0.6 is 0 Å². The maximum Gasteiger partial charge on any atom is 0.292 e. The molecule has 90 valence electrons. The highest BCUT2D eigenvalue weighted by molar-refractivity contribution is 6.02. The van der Waals surface area contributed by atoms with E-state index in [1.54, 1.807) is 0 Å². The Morgan fingerprint density at radius 1 is 1.47 bits per heavy atom. The second-order valence-corrected chi connectivity index (χ2v) is 3.57. The van der Waals surface area contributed by atoms with Crippen molar-refractivity contribution < 1.29 is 14.5 Å². The van der Waals surface area contributed by atoms with Gasteiger partial charge in [-0.1, -0.05) is 0 Å². The number of hydrogen-bond donors (Lipinski definition) is 1. The fraction of sp³-hybridized carbons (Fsp3) is 0.200. The van der Waals surface area contributed by atoms with Gasteiger partial charge >= 0.3 is 0 Å². The summed E-state index contributed by atoms with van der Waals surface area (Å²) in [7, 11) is 2.97. The topological polar surface area (TPSA) is 107 Å². The maximum absolute atomic E-state index is 11.7. The molecule has 0 spiro atoms. The van der Waals surface area contributed by atoms with Crippen LogP contribution in [0, 0.1) is 10.1 Å². The summed E-state index contributed by atoms with van der Waals surface area (Å²) >= 11 is 0. The van der Waals surface area contributed by atoms with E-state index in [1.165, 1.54) is 19.0 Å². The van der Waals surface area contributed by atoms with Crippen molar-refractivity contribution in [3.63, 3.8) is 0 Å². The number of rotatable bonds is 3. The van der Waals surface area contributed by atoms with Crippen LogP contribution in [0.4, 0.5) is 11.4 Å². The summed E-state index contributed by atoms with van der Waals surface area (Å²) in [5, 5.41) is 10.7. The summed E-state index contributed by atoms with van der Waals surface area (Å²) in [6, 6.07) is 2.14. The van der Waals surface area contributed by atoms with Gasteiger partial charge in [0.2, 0.25) is 0 Å². The molecule has 1 amide bonds. The van der Waals surface area contributed by atoms with Crippen molar-refractivity contribution in [2.45, 2.75) is 0 Å². The average Bonchev–Trinajstić information content (AvgIpc) is 2.26. The molecule has 0 fully saturated rings. The Balaban J connectivity index is 3.47. The average molecular weight is 237 g/mol. The van der Waals surface area contributed by atoms with Crippen molar-refractivity contribution in [3.05, 3.63) is 33.4 Å². The standard InChI is InChI=1S/C10H11N3O4/c1-12(2)10(15)7-4-9(13(16)17)8(11)3-6(7)5-14/h3-5H,11H2,1-2H3. The monoisotopic (exact) mass is 237 g/mol. The molecule has 1 aromatic carbocycles. The van der Waals surface area contributed by atoms with Gasteiger partial charge in [-0.15, -0.1) is 0 Å². The molecule has 2 N–H and O–H groups in total. The summed E-state index contributed by atoms with van der Waals surface area (Å²) < 4.78 is 0. The quantitative estimate of drug-likeness (QED) is 0.360. The van der Waals surface area contributed by atoms with Gasteiger partial charge in [-0.3, -0.25) is 19.7 Å². The molecular weight excluding hydrogens is 226 g/mol. The fourth-order valence-electron chi connectivity index (χ4n) is 1.30. The molecule has 7 nitrogen and oxygen atoms in total. The van der Waals surface area contributed by atoms with Crippen molar-refractivity contribution in [2.24, 2.45) is 0 Å². The van der Waals surface area contributed by atoms with E-state index < -0.39 is 10.8 Å². The first-order valence-corrected chi connectivity index (χ1v) is 4.63. The fourth-order valence-corrected chi connectivity index (χ4v) is 1.30. The third kappa shape index (κ3) is 2.39. The van der Waals surface area contributed by atoms with E-state index in [1.807, 2.05) is 0 Å². The van der Waals surface area contributed by atoms with Crippen molar-refractivity contribution in [3.8, 4) is 0 Å². The number of nitro groups is 1. The molecule has 0 aliphatic carbocycles. The van der Waals surface area contributed by atoms with Crippen molar-refractivity contribution in [1.82, 2.24) is 4.90 Å². The lowest BCUT2D eigenvalue weighted by Crippen LogP contribution is -2.23. The Morgan fingerprint density at radius 3 is 2.47 bits per heavy atom. The SMILES string of the molecule is CN(C)C(=O)c1cc([N+](=O)[O-])c(N)cc1C=O. The molecule has 0 saturated carbocycles. The zero-order valence-corrected chi connectivity index (χ0v) is 9.34. The Hall–Kier alpha value is -2.44. The number of aldehydes is 1. The molecule has 7 heteroatoms. The minimum absolute atomic E-state index is 0.0341. The van der Waals surface area contributed by atoms with E-state index in [0.717, 1.165) is 12.1 Å². The Morgan fingerprint density at radius 2 is 2.06 bits per heavy atom. The van der Waals surface area contributed by atoms with Gasteiger partial charge in [0.15, 0.2) is 6.29 Å². The van der Waals surface area contributed by atoms with Gasteiger partial charge in [-0.2, -0.15) is 0 Å². The lowest BCUT2D eigenvalue weighted by molar-refractivity contribution is -0.383. The normalized spacial score (nSPS) is 9.76. The largest absolute Gasteiger partial charge is 0.393 e. The summed E-state index contributed by atoms with van der Waals surface area (Å²) in [5.41, 5.74) is 4.88. The van der Waals surface area contributed by atoms with E-state index in [0.29, 0.717) is 6.29 Å². The summed E-state index contributed by atoms with van der Waals surface area (Å²) in [4.78, 5) is 33.7. The zero-order valence-electron chi connectivity index (χ0n) is 9.34. The van der Waals surface area contributed by atoms with Crippen LogP contribution < -0.4 is 5.73 Å². The van der Waals surface area contributed by atoms with Crippen LogP contribution in [-0.4, -0.2) is 36.1 Å². The molecule has 1 rings (SSSR count). The highest BCUT2D eigenvalue weighted by Crippen LogP contribution is 2.25. The molecule has 0 radical (unpaired) electrons. The smallest absolute Gasteiger partial charge is 0.292 e. The minimum Gasteiger partial charge on any atom is -0.393 e. The van der Waals surface area contributed by atoms with Gasteiger partial charge < -0.3 is 10.6 Å². The van der Waals surface area contributed by atoms with Gasteiger partial charge in [0, 0.05) is 25.7 Å². The Bertz CT molecular complexity index is 497. The van der Waals surface area contributed by atoms with E-state index in [4.69, 9.17) is 5.73 Å². The molecule has 17 heavy (non-hydrogen) atoms. The predicted molar refractivity (Wildman–Crippen MR) is 60.9 cm³/mol. The number of amides is 1. The van der Waals surface area contributed by atoms with Crippen LogP contribution in [0.15, 0.2) is 12.1 Å².